The Kier molecular flexibility index (Phi) is 3.76. The summed E-state index contributed by atoms with van der Waals surface area (Å²) in [6.07, 6.45) is 2.37. The highest BCUT2D eigenvalue weighted by Gasteiger charge is 2.45. The van der Waals surface area contributed by atoms with Gasteiger partial charge in [-0.15, -0.1) is 0 Å². The first-order valence-electron chi connectivity index (χ1n) is 7.03. The third kappa shape index (κ3) is 2.82. The number of nitrogens with zero attached hydrogens (tertiary/aromatic N) is 2. The van der Waals surface area contributed by atoms with Crippen molar-refractivity contribution in [3.05, 3.63) is 29.0 Å². The summed E-state index contributed by atoms with van der Waals surface area (Å²) in [6, 6.07) is 3.40. The molecule has 21 heavy (non-hydrogen) atoms. The molecule has 0 aromatic heterocycles. The molecular formula is C14H18ClFN2O2S. The summed E-state index contributed by atoms with van der Waals surface area (Å²) in [6.45, 7) is 4.58. The largest absolute Gasteiger partial charge is 0.295 e. The molecule has 2 fully saturated rings. The van der Waals surface area contributed by atoms with Gasteiger partial charge >= 0.3 is 0 Å². The van der Waals surface area contributed by atoms with Gasteiger partial charge in [0.25, 0.3) is 0 Å². The summed E-state index contributed by atoms with van der Waals surface area (Å²) < 4.78 is 39.7. The van der Waals surface area contributed by atoms with Crippen molar-refractivity contribution in [1.29, 1.82) is 0 Å². The average molecular weight is 333 g/mol. The van der Waals surface area contributed by atoms with Crippen molar-refractivity contribution < 1.29 is 12.8 Å². The molecule has 2 aliphatic rings. The highest BCUT2D eigenvalue weighted by atomic mass is 35.5. The highest BCUT2D eigenvalue weighted by Crippen LogP contribution is 2.41. The third-order valence-electron chi connectivity index (χ3n) is 4.49. The first-order chi connectivity index (χ1) is 9.83. The molecule has 1 aromatic carbocycles. The minimum atomic E-state index is -3.65. The number of hydrogen-bond acceptors (Lipinski definition) is 3. The van der Waals surface area contributed by atoms with E-state index in [-0.39, 0.29) is 15.5 Å². The van der Waals surface area contributed by atoms with Crippen LogP contribution in [-0.4, -0.2) is 49.3 Å². The van der Waals surface area contributed by atoms with E-state index < -0.39 is 15.8 Å². The zero-order valence-electron chi connectivity index (χ0n) is 11.8. The van der Waals surface area contributed by atoms with Crippen LogP contribution < -0.4 is 0 Å². The molecule has 1 aliphatic carbocycles. The summed E-state index contributed by atoms with van der Waals surface area (Å²) in [4.78, 5) is 2.34. The van der Waals surface area contributed by atoms with Gasteiger partial charge in [-0.3, -0.25) is 4.90 Å². The fourth-order valence-corrected chi connectivity index (χ4v) is 4.72. The average Bonchev–Trinajstić information content (AvgIpc) is 3.18. The summed E-state index contributed by atoms with van der Waals surface area (Å²) in [5.74, 6) is -0.537. The monoisotopic (exact) mass is 332 g/mol. The Balaban J connectivity index is 1.77. The Bertz CT molecular complexity index is 653. The van der Waals surface area contributed by atoms with E-state index in [1.807, 2.05) is 0 Å². The predicted molar refractivity (Wildman–Crippen MR) is 79.4 cm³/mol. The smallest absolute Gasteiger partial charge is 0.244 e. The zero-order valence-corrected chi connectivity index (χ0v) is 13.4. The molecule has 116 valence electrons. The molecule has 1 aromatic rings. The molecule has 1 saturated heterocycles. The summed E-state index contributed by atoms with van der Waals surface area (Å²) in [7, 11) is -3.65. The van der Waals surface area contributed by atoms with Gasteiger partial charge in [-0.25, -0.2) is 12.8 Å². The van der Waals surface area contributed by atoms with E-state index in [1.54, 1.807) is 0 Å². The van der Waals surface area contributed by atoms with Crippen LogP contribution in [0.3, 0.4) is 0 Å². The topological polar surface area (TPSA) is 40.6 Å². The van der Waals surface area contributed by atoms with Crippen molar-refractivity contribution in [2.45, 2.75) is 30.2 Å². The second-order valence-corrected chi connectivity index (χ2v) is 8.28. The van der Waals surface area contributed by atoms with Crippen molar-refractivity contribution >= 4 is 21.6 Å². The second kappa shape index (κ2) is 5.19. The molecule has 0 N–H and O–H groups in total. The number of sulfonamides is 1. The number of hydrogen-bond donors (Lipinski definition) is 0. The molecule has 0 spiro atoms. The maximum absolute atomic E-state index is 13.1. The van der Waals surface area contributed by atoms with Crippen LogP contribution >= 0.6 is 11.6 Å². The maximum Gasteiger partial charge on any atom is 0.244 e. The van der Waals surface area contributed by atoms with Crippen molar-refractivity contribution in [2.24, 2.45) is 0 Å². The predicted octanol–water partition coefficient (Wildman–Crippen LogP) is 2.34. The van der Waals surface area contributed by atoms with E-state index in [1.165, 1.54) is 23.2 Å². The lowest BCUT2D eigenvalue weighted by molar-refractivity contribution is 0.132. The van der Waals surface area contributed by atoms with Crippen LogP contribution in [0.2, 0.25) is 5.02 Å². The molecule has 1 saturated carbocycles. The van der Waals surface area contributed by atoms with Gasteiger partial charge in [0.15, 0.2) is 0 Å². The van der Waals surface area contributed by atoms with Crippen molar-refractivity contribution in [2.75, 3.05) is 26.2 Å². The molecule has 0 bridgehead atoms. The van der Waals surface area contributed by atoms with Gasteiger partial charge in [0.2, 0.25) is 10.0 Å². The lowest BCUT2D eigenvalue weighted by atomic mass is 10.2. The van der Waals surface area contributed by atoms with Crippen LogP contribution in [0.5, 0.6) is 0 Å². The fraction of sp³-hybridized carbons (Fsp3) is 0.571. The lowest BCUT2D eigenvalue weighted by Gasteiger charge is -2.37. The lowest BCUT2D eigenvalue weighted by Crippen LogP contribution is -2.52. The molecule has 0 radical (unpaired) electrons. The van der Waals surface area contributed by atoms with E-state index in [0.717, 1.165) is 25.2 Å². The minimum absolute atomic E-state index is 0.0170. The van der Waals surface area contributed by atoms with E-state index >= 15 is 0 Å². The van der Waals surface area contributed by atoms with E-state index in [2.05, 4.69) is 11.8 Å². The molecule has 1 heterocycles. The summed E-state index contributed by atoms with van der Waals surface area (Å²) in [5, 5.41) is -0.0633. The first kappa shape index (κ1) is 15.2. The third-order valence-corrected chi connectivity index (χ3v) is 6.87. The normalized spacial score (nSPS) is 23.2. The van der Waals surface area contributed by atoms with E-state index in [9.17, 15) is 12.8 Å². The molecule has 1 aliphatic heterocycles. The Morgan fingerprint density at radius 2 is 1.81 bits per heavy atom. The van der Waals surface area contributed by atoms with Crippen LogP contribution in [0.1, 0.15) is 19.8 Å². The van der Waals surface area contributed by atoms with Gasteiger partial charge in [0.05, 0.1) is 5.02 Å². The number of piperazine rings is 1. The molecule has 0 atom stereocenters. The molecule has 0 unspecified atom stereocenters. The van der Waals surface area contributed by atoms with Crippen LogP contribution in [-0.2, 0) is 10.0 Å². The molecule has 4 nitrogen and oxygen atoms in total. The first-order valence-corrected chi connectivity index (χ1v) is 8.85. The molecule has 3 rings (SSSR count). The van der Waals surface area contributed by atoms with E-state index in [0.29, 0.717) is 13.1 Å². The Morgan fingerprint density at radius 3 is 2.33 bits per heavy atom. The Hall–Kier alpha value is -0.690. The molecule has 0 amide bonds. The Labute approximate surface area is 129 Å². The minimum Gasteiger partial charge on any atom is -0.295 e. The van der Waals surface area contributed by atoms with Gasteiger partial charge < -0.3 is 0 Å². The number of rotatable bonds is 3. The molecule has 7 heteroatoms. The number of benzene rings is 1. The van der Waals surface area contributed by atoms with Crippen LogP contribution in [0.15, 0.2) is 23.1 Å². The van der Waals surface area contributed by atoms with Crippen LogP contribution in [0.25, 0.3) is 0 Å². The molecular weight excluding hydrogens is 315 g/mol. The summed E-state index contributed by atoms with van der Waals surface area (Å²) >= 11 is 5.89. The maximum atomic E-state index is 13.1. The fourth-order valence-electron chi connectivity index (χ4n) is 2.79. The van der Waals surface area contributed by atoms with E-state index in [4.69, 9.17) is 11.6 Å². The second-order valence-electron chi connectivity index (χ2n) is 5.96. The van der Waals surface area contributed by atoms with Crippen LogP contribution in [0.4, 0.5) is 4.39 Å². The standard InChI is InChI=1S/C14H18ClFN2O2S/c1-14(4-5-14)17-6-8-18(9-7-17)21(19,20)13-3-2-11(16)10-12(13)15/h2-3,10H,4-9H2,1H3. The van der Waals surface area contributed by atoms with Crippen molar-refractivity contribution in [1.82, 2.24) is 9.21 Å². The zero-order chi connectivity index (χ0) is 15.3. The number of halogens is 2. The van der Waals surface area contributed by atoms with Crippen LogP contribution in [0, 0.1) is 5.82 Å². The van der Waals surface area contributed by atoms with Gasteiger partial charge in [-0.1, -0.05) is 11.6 Å². The van der Waals surface area contributed by atoms with Gasteiger partial charge in [-0.05, 0) is 38.0 Å². The Morgan fingerprint density at radius 1 is 1.19 bits per heavy atom. The SMILES string of the molecule is CC1(N2CCN(S(=O)(=O)c3ccc(F)cc3Cl)CC2)CC1. The van der Waals surface area contributed by atoms with Gasteiger partial charge in [0.1, 0.15) is 10.7 Å². The quantitative estimate of drug-likeness (QED) is 0.853. The van der Waals surface area contributed by atoms with Gasteiger partial charge in [0, 0.05) is 31.7 Å². The van der Waals surface area contributed by atoms with Crippen molar-refractivity contribution in [3.63, 3.8) is 0 Å². The highest BCUT2D eigenvalue weighted by molar-refractivity contribution is 7.89. The van der Waals surface area contributed by atoms with Crippen molar-refractivity contribution in [3.8, 4) is 0 Å². The van der Waals surface area contributed by atoms with Gasteiger partial charge in [-0.2, -0.15) is 4.31 Å². The summed E-state index contributed by atoms with van der Waals surface area (Å²) in [5.41, 5.74) is 0.267.